The maximum Gasteiger partial charge on any atom is 0.243 e. The number of halogens is 1. The molecular formula is C14H21FN2O2S. The molecule has 112 valence electrons. The summed E-state index contributed by atoms with van der Waals surface area (Å²) in [5, 5.41) is 0. The van der Waals surface area contributed by atoms with Crippen LogP contribution in [0.15, 0.2) is 23.1 Å². The lowest BCUT2D eigenvalue weighted by atomic mass is 9.93. The minimum absolute atomic E-state index is 0.00755. The molecule has 1 heterocycles. The van der Waals surface area contributed by atoms with Crippen LogP contribution in [0.1, 0.15) is 25.3 Å². The second-order valence-electron chi connectivity index (χ2n) is 5.45. The van der Waals surface area contributed by atoms with Crippen molar-refractivity contribution in [3.63, 3.8) is 0 Å². The molecule has 2 rings (SSSR count). The highest BCUT2D eigenvalue weighted by atomic mass is 32.2. The predicted molar refractivity (Wildman–Crippen MR) is 76.3 cm³/mol. The Kier molecular flexibility index (Phi) is 4.46. The molecule has 1 aliphatic rings. The van der Waals surface area contributed by atoms with Gasteiger partial charge in [0.05, 0.1) is 4.90 Å². The number of rotatable bonds is 3. The van der Waals surface area contributed by atoms with Gasteiger partial charge in [0.1, 0.15) is 5.82 Å². The summed E-state index contributed by atoms with van der Waals surface area (Å²) in [6.45, 7) is 4.35. The van der Waals surface area contributed by atoms with Gasteiger partial charge >= 0.3 is 0 Å². The van der Waals surface area contributed by atoms with E-state index in [0.29, 0.717) is 12.1 Å². The van der Waals surface area contributed by atoms with Gasteiger partial charge in [-0.1, -0.05) is 13.0 Å². The highest BCUT2D eigenvalue weighted by Gasteiger charge is 2.36. The van der Waals surface area contributed by atoms with E-state index in [1.165, 1.54) is 16.4 Å². The van der Waals surface area contributed by atoms with E-state index in [1.807, 2.05) is 6.92 Å². The molecule has 0 amide bonds. The molecule has 1 fully saturated rings. The van der Waals surface area contributed by atoms with Crippen LogP contribution in [0, 0.1) is 18.7 Å². The van der Waals surface area contributed by atoms with Crippen molar-refractivity contribution in [3.05, 3.63) is 29.6 Å². The fraction of sp³-hybridized carbons (Fsp3) is 0.571. The molecule has 1 aromatic carbocycles. The van der Waals surface area contributed by atoms with Crippen LogP contribution in [0.3, 0.4) is 0 Å². The maximum atomic E-state index is 13.6. The Bertz CT molecular complexity index is 589. The van der Waals surface area contributed by atoms with Gasteiger partial charge in [0.2, 0.25) is 10.0 Å². The molecular weight excluding hydrogens is 279 g/mol. The number of nitrogens with two attached hydrogens (primary N) is 1. The molecule has 1 aliphatic heterocycles. The SMILES string of the molecule is Cc1ccc(S(=O)(=O)N2CCCC(C)C2CN)cc1F. The van der Waals surface area contributed by atoms with Gasteiger partial charge in [0, 0.05) is 19.1 Å². The lowest BCUT2D eigenvalue weighted by molar-refractivity contribution is 0.192. The van der Waals surface area contributed by atoms with E-state index in [-0.39, 0.29) is 23.4 Å². The highest BCUT2D eigenvalue weighted by Crippen LogP contribution is 2.29. The molecule has 6 heteroatoms. The fourth-order valence-electron chi connectivity index (χ4n) is 2.73. The minimum atomic E-state index is -3.68. The molecule has 0 radical (unpaired) electrons. The van der Waals surface area contributed by atoms with Crippen LogP contribution in [0.4, 0.5) is 4.39 Å². The molecule has 0 saturated carbocycles. The van der Waals surface area contributed by atoms with Crippen molar-refractivity contribution < 1.29 is 12.8 Å². The molecule has 2 atom stereocenters. The van der Waals surface area contributed by atoms with Crippen molar-refractivity contribution in [3.8, 4) is 0 Å². The second kappa shape index (κ2) is 5.79. The molecule has 0 aromatic heterocycles. The van der Waals surface area contributed by atoms with E-state index in [0.717, 1.165) is 18.9 Å². The third-order valence-corrected chi connectivity index (χ3v) is 5.98. The standard InChI is InChI=1S/C14H21FN2O2S/c1-10-5-6-12(8-13(10)15)20(18,19)17-7-3-4-11(2)14(17)9-16/h5-6,8,11,14H,3-4,7,9,16H2,1-2H3. The molecule has 1 saturated heterocycles. The average molecular weight is 300 g/mol. The van der Waals surface area contributed by atoms with Crippen molar-refractivity contribution >= 4 is 10.0 Å². The van der Waals surface area contributed by atoms with E-state index >= 15 is 0 Å². The first-order valence-electron chi connectivity index (χ1n) is 6.86. The van der Waals surface area contributed by atoms with Crippen LogP contribution in [0.25, 0.3) is 0 Å². The van der Waals surface area contributed by atoms with E-state index in [9.17, 15) is 12.8 Å². The zero-order valence-corrected chi connectivity index (χ0v) is 12.7. The van der Waals surface area contributed by atoms with Gasteiger partial charge in [0.15, 0.2) is 0 Å². The zero-order chi connectivity index (χ0) is 14.9. The van der Waals surface area contributed by atoms with Crippen LogP contribution >= 0.6 is 0 Å². The minimum Gasteiger partial charge on any atom is -0.329 e. The topological polar surface area (TPSA) is 63.4 Å². The highest BCUT2D eigenvalue weighted by molar-refractivity contribution is 7.89. The fourth-order valence-corrected chi connectivity index (χ4v) is 4.51. The summed E-state index contributed by atoms with van der Waals surface area (Å²) in [7, 11) is -3.68. The summed E-state index contributed by atoms with van der Waals surface area (Å²) in [6.07, 6.45) is 1.78. The van der Waals surface area contributed by atoms with Crippen molar-refractivity contribution in [2.75, 3.05) is 13.1 Å². The Morgan fingerprint density at radius 1 is 1.45 bits per heavy atom. The Labute approximate surface area is 119 Å². The van der Waals surface area contributed by atoms with E-state index in [4.69, 9.17) is 5.73 Å². The summed E-state index contributed by atoms with van der Waals surface area (Å²) in [5.74, 6) is -0.278. The van der Waals surface area contributed by atoms with Gasteiger partial charge in [-0.15, -0.1) is 0 Å². The summed E-state index contributed by atoms with van der Waals surface area (Å²) < 4.78 is 40.4. The van der Waals surface area contributed by atoms with Crippen LogP contribution in [0.2, 0.25) is 0 Å². The molecule has 2 N–H and O–H groups in total. The average Bonchev–Trinajstić information content (AvgIpc) is 2.41. The number of sulfonamides is 1. The number of aryl methyl sites for hydroxylation is 1. The van der Waals surface area contributed by atoms with Crippen LogP contribution < -0.4 is 5.73 Å². The zero-order valence-electron chi connectivity index (χ0n) is 11.8. The van der Waals surface area contributed by atoms with E-state index in [2.05, 4.69) is 0 Å². The quantitative estimate of drug-likeness (QED) is 0.927. The smallest absolute Gasteiger partial charge is 0.243 e. The Hall–Kier alpha value is -0.980. The Morgan fingerprint density at radius 2 is 2.15 bits per heavy atom. The first-order valence-corrected chi connectivity index (χ1v) is 8.30. The molecule has 2 unspecified atom stereocenters. The molecule has 4 nitrogen and oxygen atoms in total. The lowest BCUT2D eigenvalue weighted by Gasteiger charge is -2.38. The van der Waals surface area contributed by atoms with Crippen LogP contribution in [-0.4, -0.2) is 31.9 Å². The number of hydrogen-bond donors (Lipinski definition) is 1. The third-order valence-electron chi connectivity index (χ3n) is 4.06. The number of nitrogens with zero attached hydrogens (tertiary/aromatic N) is 1. The second-order valence-corrected chi connectivity index (χ2v) is 7.34. The normalized spacial score (nSPS) is 24.8. The molecule has 0 bridgehead atoms. The first-order chi connectivity index (χ1) is 9.37. The van der Waals surface area contributed by atoms with E-state index in [1.54, 1.807) is 6.92 Å². The van der Waals surface area contributed by atoms with Crippen LogP contribution in [-0.2, 0) is 10.0 Å². The van der Waals surface area contributed by atoms with E-state index < -0.39 is 15.8 Å². The number of hydrogen-bond acceptors (Lipinski definition) is 3. The molecule has 1 aromatic rings. The lowest BCUT2D eigenvalue weighted by Crippen LogP contribution is -2.51. The Morgan fingerprint density at radius 3 is 2.75 bits per heavy atom. The van der Waals surface area contributed by atoms with Crippen molar-refractivity contribution in [1.29, 1.82) is 0 Å². The van der Waals surface area contributed by atoms with Crippen molar-refractivity contribution in [2.24, 2.45) is 11.7 Å². The third kappa shape index (κ3) is 2.73. The summed E-state index contributed by atoms with van der Waals surface area (Å²) in [4.78, 5) is 0.00755. The molecule has 0 aliphatic carbocycles. The summed E-state index contributed by atoms with van der Waals surface area (Å²) in [5.41, 5.74) is 6.17. The maximum absolute atomic E-state index is 13.6. The van der Waals surface area contributed by atoms with Gasteiger partial charge in [-0.05, 0) is 43.4 Å². The largest absolute Gasteiger partial charge is 0.329 e. The van der Waals surface area contributed by atoms with Crippen molar-refractivity contribution in [2.45, 2.75) is 37.6 Å². The predicted octanol–water partition coefficient (Wildman–Crippen LogP) is 1.88. The summed E-state index contributed by atoms with van der Waals surface area (Å²) in [6, 6.07) is 3.84. The van der Waals surface area contributed by atoms with Crippen LogP contribution in [0.5, 0.6) is 0 Å². The first kappa shape index (κ1) is 15.4. The summed E-state index contributed by atoms with van der Waals surface area (Å²) >= 11 is 0. The van der Waals surface area contributed by atoms with Gasteiger partial charge in [-0.3, -0.25) is 0 Å². The number of benzene rings is 1. The monoisotopic (exact) mass is 300 g/mol. The Balaban J connectivity index is 2.40. The van der Waals surface area contributed by atoms with Crippen molar-refractivity contribution in [1.82, 2.24) is 4.31 Å². The van der Waals surface area contributed by atoms with Gasteiger partial charge in [-0.2, -0.15) is 4.31 Å². The van der Waals surface area contributed by atoms with Gasteiger partial charge < -0.3 is 5.73 Å². The van der Waals surface area contributed by atoms with Gasteiger partial charge in [-0.25, -0.2) is 12.8 Å². The van der Waals surface area contributed by atoms with Gasteiger partial charge in [0.25, 0.3) is 0 Å². The molecule has 0 spiro atoms. The molecule has 20 heavy (non-hydrogen) atoms. The number of piperidine rings is 1.